The fourth-order valence-corrected chi connectivity index (χ4v) is 3.74. The van der Waals surface area contributed by atoms with Gasteiger partial charge in [-0.1, -0.05) is 18.2 Å². The monoisotopic (exact) mass is 433 g/mol. The third-order valence-electron chi connectivity index (χ3n) is 5.27. The zero-order valence-electron chi connectivity index (χ0n) is 17.8. The quantitative estimate of drug-likeness (QED) is 0.355. The van der Waals surface area contributed by atoms with Crippen molar-refractivity contribution in [2.45, 2.75) is 13.8 Å². The first-order valence-corrected chi connectivity index (χ1v) is 9.97. The number of ether oxygens (including phenoxy) is 1. The van der Waals surface area contributed by atoms with Gasteiger partial charge in [-0.2, -0.15) is 0 Å². The van der Waals surface area contributed by atoms with Gasteiger partial charge in [0.15, 0.2) is 0 Å². The van der Waals surface area contributed by atoms with E-state index < -0.39 is 5.82 Å². The van der Waals surface area contributed by atoms with Gasteiger partial charge >= 0.3 is 0 Å². The minimum atomic E-state index is -0.431. The Hall–Kier alpha value is -3.93. The summed E-state index contributed by atoms with van der Waals surface area (Å²) in [5, 5.41) is 3.48. The van der Waals surface area contributed by atoms with Crippen LogP contribution in [-0.4, -0.2) is 13.0 Å². The number of fused-ring (bicyclic) bond motifs is 1. The lowest BCUT2D eigenvalue weighted by molar-refractivity contribution is -0.111. The number of furan rings is 1. The summed E-state index contributed by atoms with van der Waals surface area (Å²) < 4.78 is 38.2. The topological polar surface area (TPSA) is 51.5 Å². The summed E-state index contributed by atoms with van der Waals surface area (Å²) in [4.78, 5) is 12.5. The maximum absolute atomic E-state index is 13.4. The number of allylic oxidation sites excluding steroid dienone is 1. The zero-order chi connectivity index (χ0) is 22.8. The van der Waals surface area contributed by atoms with Gasteiger partial charge in [0.1, 0.15) is 23.0 Å². The number of rotatable bonds is 5. The van der Waals surface area contributed by atoms with Crippen molar-refractivity contribution in [3.8, 4) is 16.9 Å². The summed E-state index contributed by atoms with van der Waals surface area (Å²) >= 11 is 0. The zero-order valence-corrected chi connectivity index (χ0v) is 17.8. The van der Waals surface area contributed by atoms with E-state index in [4.69, 9.17) is 9.15 Å². The number of carbonyl (C=O) groups is 1. The first-order valence-electron chi connectivity index (χ1n) is 9.97. The van der Waals surface area contributed by atoms with Crippen molar-refractivity contribution in [2.75, 3.05) is 12.4 Å². The lowest BCUT2D eigenvalue weighted by Crippen LogP contribution is -2.09. The van der Waals surface area contributed by atoms with Gasteiger partial charge in [-0.15, -0.1) is 0 Å². The van der Waals surface area contributed by atoms with Gasteiger partial charge in [0, 0.05) is 33.8 Å². The van der Waals surface area contributed by atoms with E-state index >= 15 is 0 Å². The number of anilines is 1. The summed E-state index contributed by atoms with van der Waals surface area (Å²) in [5.74, 6) is -0.550. The van der Waals surface area contributed by atoms with E-state index in [1.54, 1.807) is 38.5 Å². The molecule has 0 fully saturated rings. The van der Waals surface area contributed by atoms with E-state index in [1.165, 1.54) is 36.4 Å². The number of aryl methyl sites for hydroxylation is 1. The number of benzene rings is 3. The molecule has 0 aliphatic carbocycles. The van der Waals surface area contributed by atoms with E-state index in [9.17, 15) is 13.6 Å². The van der Waals surface area contributed by atoms with Crippen LogP contribution in [0, 0.1) is 18.6 Å². The Kier molecular flexibility index (Phi) is 5.77. The van der Waals surface area contributed by atoms with Crippen LogP contribution in [0.2, 0.25) is 0 Å². The second-order valence-corrected chi connectivity index (χ2v) is 7.44. The fourth-order valence-electron chi connectivity index (χ4n) is 3.74. The number of amides is 1. The molecule has 32 heavy (non-hydrogen) atoms. The Labute approximate surface area is 184 Å². The van der Waals surface area contributed by atoms with Crippen molar-refractivity contribution in [3.63, 3.8) is 0 Å². The molecule has 1 heterocycles. The molecule has 4 rings (SSSR count). The number of nitrogens with one attached hydrogen (secondary N) is 1. The van der Waals surface area contributed by atoms with Crippen LogP contribution >= 0.6 is 0 Å². The molecule has 1 N–H and O–H groups in total. The molecule has 0 aliphatic rings. The molecule has 0 unspecified atom stereocenters. The third-order valence-corrected chi connectivity index (χ3v) is 5.27. The van der Waals surface area contributed by atoms with Crippen molar-refractivity contribution in [3.05, 3.63) is 89.7 Å². The molecule has 162 valence electrons. The number of methoxy groups -OCH3 is 1. The molecular weight excluding hydrogens is 412 g/mol. The normalized spacial score (nSPS) is 11.6. The van der Waals surface area contributed by atoms with Crippen molar-refractivity contribution in [2.24, 2.45) is 0 Å². The lowest BCUT2D eigenvalue weighted by Gasteiger charge is -2.13. The minimum Gasteiger partial charge on any atom is -0.496 e. The van der Waals surface area contributed by atoms with Gasteiger partial charge < -0.3 is 14.5 Å². The minimum absolute atomic E-state index is 0.317. The number of halogens is 2. The highest BCUT2D eigenvalue weighted by molar-refractivity contribution is 6.06. The smallest absolute Gasteiger partial charge is 0.248 e. The van der Waals surface area contributed by atoms with Crippen LogP contribution in [0.1, 0.15) is 18.1 Å². The number of carbonyl (C=O) groups excluding carboxylic acids is 1. The molecule has 1 aromatic heterocycles. The van der Waals surface area contributed by atoms with Crippen molar-refractivity contribution in [1.82, 2.24) is 0 Å². The van der Waals surface area contributed by atoms with Crippen LogP contribution < -0.4 is 10.1 Å². The second-order valence-electron chi connectivity index (χ2n) is 7.44. The number of hydrogen-bond acceptors (Lipinski definition) is 3. The Morgan fingerprint density at radius 3 is 2.50 bits per heavy atom. The van der Waals surface area contributed by atoms with Crippen molar-refractivity contribution >= 4 is 28.1 Å². The summed E-state index contributed by atoms with van der Waals surface area (Å²) in [6, 6.07) is 13.8. The molecule has 0 bridgehead atoms. The van der Waals surface area contributed by atoms with Gasteiger partial charge in [-0.05, 0) is 61.4 Å². The van der Waals surface area contributed by atoms with Crippen molar-refractivity contribution < 1.29 is 22.7 Å². The van der Waals surface area contributed by atoms with Crippen LogP contribution in [0.15, 0.2) is 71.4 Å². The fraction of sp³-hybridized carbons (Fsp3) is 0.115. The Morgan fingerprint density at radius 2 is 1.81 bits per heavy atom. The highest BCUT2D eigenvalue weighted by atomic mass is 19.1. The summed E-state index contributed by atoms with van der Waals surface area (Å²) in [7, 11) is 1.56. The lowest BCUT2D eigenvalue weighted by atomic mass is 9.96. The molecule has 3 aromatic carbocycles. The largest absolute Gasteiger partial charge is 0.496 e. The van der Waals surface area contributed by atoms with Gasteiger partial charge in [-0.3, -0.25) is 4.79 Å². The van der Waals surface area contributed by atoms with Crippen molar-refractivity contribution in [1.29, 1.82) is 0 Å². The van der Waals surface area contributed by atoms with Crippen LogP contribution in [0.5, 0.6) is 5.75 Å². The molecule has 4 nitrogen and oxygen atoms in total. The predicted molar refractivity (Wildman–Crippen MR) is 122 cm³/mol. The molecule has 0 radical (unpaired) electrons. The molecule has 0 atom stereocenters. The van der Waals surface area contributed by atoms with E-state index in [1.807, 2.05) is 13.0 Å². The van der Waals surface area contributed by atoms with Crippen LogP contribution in [0.4, 0.5) is 14.5 Å². The Balaban J connectivity index is 1.76. The van der Waals surface area contributed by atoms with Crippen LogP contribution in [0.3, 0.4) is 0 Å². The summed E-state index contributed by atoms with van der Waals surface area (Å²) in [6.07, 6.45) is 3.06. The molecule has 6 heteroatoms. The van der Waals surface area contributed by atoms with E-state index in [0.29, 0.717) is 22.6 Å². The Morgan fingerprint density at radius 1 is 1.06 bits per heavy atom. The van der Waals surface area contributed by atoms with Gasteiger partial charge in [0.2, 0.25) is 5.91 Å². The molecule has 0 spiro atoms. The van der Waals surface area contributed by atoms with E-state index in [0.717, 1.165) is 27.6 Å². The molecule has 0 saturated heterocycles. The summed E-state index contributed by atoms with van der Waals surface area (Å²) in [5.41, 5.74) is 4.80. The molecule has 1 amide bonds. The maximum Gasteiger partial charge on any atom is 0.248 e. The van der Waals surface area contributed by atoms with E-state index in [2.05, 4.69) is 5.32 Å². The third kappa shape index (κ3) is 4.12. The Bertz CT molecular complexity index is 1340. The second kappa shape index (κ2) is 8.67. The van der Waals surface area contributed by atoms with E-state index in [-0.39, 0.29) is 11.7 Å². The van der Waals surface area contributed by atoms with Crippen LogP contribution in [0.25, 0.3) is 27.7 Å². The highest BCUT2D eigenvalue weighted by Crippen LogP contribution is 2.40. The number of hydrogen-bond donors (Lipinski definition) is 1. The van der Waals surface area contributed by atoms with Gasteiger partial charge in [0.05, 0.1) is 13.4 Å². The molecule has 4 aromatic rings. The molecule has 0 saturated carbocycles. The average molecular weight is 433 g/mol. The predicted octanol–water partition coefficient (Wildman–Crippen LogP) is 6.74. The van der Waals surface area contributed by atoms with Crippen LogP contribution in [-0.2, 0) is 4.79 Å². The highest BCUT2D eigenvalue weighted by Gasteiger charge is 2.19. The molecule has 0 aliphatic heterocycles. The van der Waals surface area contributed by atoms with Gasteiger partial charge in [-0.25, -0.2) is 8.78 Å². The summed E-state index contributed by atoms with van der Waals surface area (Å²) in [6.45, 7) is 3.68. The average Bonchev–Trinajstić information content (AvgIpc) is 3.18. The first kappa shape index (κ1) is 21.3. The standard InChI is InChI=1S/C26H21F2NO3/c1-15(11-24(30)29-20-6-4-5-19(28)12-20)21-13-22-23(17-7-9-18(27)10-8-17)14-32-26(22)16(2)25(21)31-3/h4-14H,1-3H3,(H,29,30)/b15-11+. The first-order chi connectivity index (χ1) is 15.4. The SMILES string of the molecule is COc1c(/C(C)=C/C(=O)Nc2cccc(F)c2)cc2c(-c3ccc(F)cc3)coc2c1C. The molecular formula is C26H21F2NO3. The maximum atomic E-state index is 13.4. The van der Waals surface area contributed by atoms with Gasteiger partial charge in [0.25, 0.3) is 0 Å².